The van der Waals surface area contributed by atoms with E-state index in [-0.39, 0.29) is 5.82 Å². The van der Waals surface area contributed by atoms with Gasteiger partial charge in [0.2, 0.25) is 0 Å². The highest BCUT2D eigenvalue weighted by molar-refractivity contribution is 8.13. The van der Waals surface area contributed by atoms with Crippen molar-refractivity contribution in [2.45, 2.75) is 13.0 Å². The summed E-state index contributed by atoms with van der Waals surface area (Å²) in [6.45, 7) is 7.33. The quantitative estimate of drug-likeness (QED) is 0.825. The van der Waals surface area contributed by atoms with E-state index >= 15 is 0 Å². The number of halogens is 1. The molecule has 1 aromatic carbocycles. The summed E-state index contributed by atoms with van der Waals surface area (Å²) >= 11 is 1.84. The number of morpholine rings is 1. The Bertz CT molecular complexity index is 517. The maximum Gasteiger partial charge on any atom is 0.159 e. The topological polar surface area (TPSA) is 28.1 Å². The number of amidine groups is 1. The molecule has 0 bridgehead atoms. The fraction of sp³-hybridized carbons (Fsp3) is 0.588. The maximum absolute atomic E-state index is 13.1. The van der Waals surface area contributed by atoms with Gasteiger partial charge in [0.1, 0.15) is 5.82 Å². The summed E-state index contributed by atoms with van der Waals surface area (Å²) in [5.74, 6) is 0.953. The van der Waals surface area contributed by atoms with Crippen molar-refractivity contribution in [3.63, 3.8) is 0 Å². The predicted octanol–water partition coefficient (Wildman–Crippen LogP) is 2.45. The number of aliphatic imine (C=N–C) groups is 1. The molecular weight excluding hydrogens is 313 g/mol. The van der Waals surface area contributed by atoms with Crippen molar-refractivity contribution >= 4 is 16.9 Å². The van der Waals surface area contributed by atoms with Crippen LogP contribution in [0, 0.1) is 5.82 Å². The molecule has 0 unspecified atom stereocenters. The molecule has 1 fully saturated rings. The largest absolute Gasteiger partial charge is 0.379 e. The molecule has 2 aliphatic heterocycles. The first-order chi connectivity index (χ1) is 11.3. The van der Waals surface area contributed by atoms with E-state index in [1.807, 2.05) is 23.9 Å². The van der Waals surface area contributed by atoms with Crippen molar-refractivity contribution in [3.05, 3.63) is 35.6 Å². The van der Waals surface area contributed by atoms with E-state index < -0.39 is 0 Å². The highest BCUT2D eigenvalue weighted by Crippen LogP contribution is 2.18. The minimum Gasteiger partial charge on any atom is -0.379 e. The Balaban J connectivity index is 1.62. The lowest BCUT2D eigenvalue weighted by atomic mass is 10.2. The maximum atomic E-state index is 13.1. The highest BCUT2D eigenvalue weighted by atomic mass is 32.2. The zero-order chi connectivity index (χ0) is 15.9. The lowest BCUT2D eigenvalue weighted by molar-refractivity contribution is 0.0358. The van der Waals surface area contributed by atoms with Crippen molar-refractivity contribution in [1.29, 1.82) is 0 Å². The van der Waals surface area contributed by atoms with Gasteiger partial charge in [0.15, 0.2) is 5.17 Å². The fourth-order valence-electron chi connectivity index (χ4n) is 2.78. The van der Waals surface area contributed by atoms with Crippen molar-refractivity contribution in [3.8, 4) is 0 Å². The van der Waals surface area contributed by atoms with Gasteiger partial charge in [-0.25, -0.2) is 4.39 Å². The van der Waals surface area contributed by atoms with Crippen LogP contribution in [0.2, 0.25) is 0 Å². The van der Waals surface area contributed by atoms with E-state index in [1.165, 1.54) is 12.1 Å². The first kappa shape index (κ1) is 16.7. The lowest BCUT2D eigenvalue weighted by Crippen LogP contribution is -2.42. The van der Waals surface area contributed by atoms with Gasteiger partial charge in [-0.1, -0.05) is 23.9 Å². The van der Waals surface area contributed by atoms with Gasteiger partial charge in [0, 0.05) is 45.0 Å². The molecule has 0 radical (unpaired) electrons. The smallest absolute Gasteiger partial charge is 0.159 e. The number of nitrogens with zero attached hydrogens (tertiary/aromatic N) is 3. The zero-order valence-electron chi connectivity index (χ0n) is 13.4. The second kappa shape index (κ2) is 8.66. The van der Waals surface area contributed by atoms with Crippen LogP contribution in [-0.4, -0.2) is 66.7 Å². The van der Waals surface area contributed by atoms with Crippen molar-refractivity contribution < 1.29 is 9.13 Å². The van der Waals surface area contributed by atoms with Crippen LogP contribution in [0.3, 0.4) is 0 Å². The minimum atomic E-state index is -0.182. The fourth-order valence-corrected chi connectivity index (χ4v) is 3.76. The lowest BCUT2D eigenvalue weighted by Gasteiger charge is -2.32. The zero-order valence-corrected chi connectivity index (χ0v) is 14.2. The Kier molecular flexibility index (Phi) is 6.30. The van der Waals surface area contributed by atoms with E-state index in [0.29, 0.717) is 0 Å². The molecule has 0 aliphatic carbocycles. The van der Waals surface area contributed by atoms with Gasteiger partial charge in [-0.05, 0) is 24.1 Å². The molecule has 1 saturated heterocycles. The van der Waals surface area contributed by atoms with Crippen molar-refractivity contribution in [1.82, 2.24) is 9.80 Å². The van der Waals surface area contributed by atoms with Crippen LogP contribution in [0.15, 0.2) is 29.3 Å². The number of hydrogen-bond donors (Lipinski definition) is 0. The molecule has 0 amide bonds. The van der Waals surface area contributed by atoms with E-state index in [4.69, 9.17) is 9.73 Å². The highest BCUT2D eigenvalue weighted by Gasteiger charge is 2.17. The monoisotopic (exact) mass is 337 g/mol. The number of hydrogen-bond acceptors (Lipinski definition) is 5. The Morgan fingerprint density at radius 1 is 1.22 bits per heavy atom. The number of rotatable bonds is 5. The van der Waals surface area contributed by atoms with Crippen LogP contribution in [0.4, 0.5) is 4.39 Å². The number of thioether (sulfide) groups is 1. The second-order valence-electron chi connectivity index (χ2n) is 5.87. The first-order valence-corrected chi connectivity index (χ1v) is 9.26. The van der Waals surface area contributed by atoms with Crippen LogP contribution in [-0.2, 0) is 11.3 Å². The molecule has 23 heavy (non-hydrogen) atoms. The average Bonchev–Trinajstić information content (AvgIpc) is 2.62. The Morgan fingerprint density at radius 3 is 2.70 bits per heavy atom. The predicted molar refractivity (Wildman–Crippen MR) is 93.4 cm³/mol. The van der Waals surface area contributed by atoms with Gasteiger partial charge in [0.25, 0.3) is 0 Å². The molecule has 0 saturated carbocycles. The van der Waals surface area contributed by atoms with Crippen LogP contribution in [0.1, 0.15) is 12.0 Å². The normalized spacial score (nSPS) is 19.4. The Labute approximate surface area is 141 Å². The molecule has 0 N–H and O–H groups in total. The summed E-state index contributed by atoms with van der Waals surface area (Å²) in [7, 11) is 0. The summed E-state index contributed by atoms with van der Waals surface area (Å²) in [5, 5.41) is 1.13. The Hall–Kier alpha value is -1.11. The third kappa shape index (κ3) is 5.19. The van der Waals surface area contributed by atoms with Crippen LogP contribution in [0.5, 0.6) is 0 Å². The molecule has 3 rings (SSSR count). The standard InChI is InChI=1S/C17H24FN3OS/c18-16-4-2-15(3-5-16)14-21(17-19-6-1-13-23-17)8-7-20-9-11-22-12-10-20/h2-5H,1,6-14H2. The van der Waals surface area contributed by atoms with Crippen molar-refractivity contribution in [2.75, 3.05) is 51.7 Å². The molecule has 4 nitrogen and oxygen atoms in total. The molecular formula is C17H24FN3OS. The van der Waals surface area contributed by atoms with Crippen LogP contribution >= 0.6 is 11.8 Å². The molecule has 126 valence electrons. The van der Waals surface area contributed by atoms with Crippen LogP contribution < -0.4 is 0 Å². The van der Waals surface area contributed by atoms with E-state index in [9.17, 15) is 4.39 Å². The summed E-state index contributed by atoms with van der Waals surface area (Å²) < 4.78 is 18.5. The summed E-state index contributed by atoms with van der Waals surface area (Å²) in [6.07, 6.45) is 1.15. The van der Waals surface area contributed by atoms with Gasteiger partial charge in [-0.15, -0.1) is 0 Å². The van der Waals surface area contributed by atoms with Crippen LogP contribution in [0.25, 0.3) is 0 Å². The van der Waals surface area contributed by atoms with Crippen molar-refractivity contribution in [2.24, 2.45) is 4.99 Å². The van der Waals surface area contributed by atoms with E-state index in [2.05, 4.69) is 9.80 Å². The van der Waals surface area contributed by atoms with Gasteiger partial charge < -0.3 is 9.64 Å². The molecule has 2 aliphatic rings. The average molecular weight is 337 g/mol. The van der Waals surface area contributed by atoms with Gasteiger partial charge in [-0.3, -0.25) is 9.89 Å². The second-order valence-corrected chi connectivity index (χ2v) is 6.93. The molecule has 0 aromatic heterocycles. The minimum absolute atomic E-state index is 0.182. The molecule has 0 atom stereocenters. The summed E-state index contributed by atoms with van der Waals surface area (Å²) in [4.78, 5) is 9.48. The Morgan fingerprint density at radius 2 is 2.00 bits per heavy atom. The van der Waals surface area contributed by atoms with E-state index in [0.717, 1.165) is 75.4 Å². The van der Waals surface area contributed by atoms with Gasteiger partial charge in [0.05, 0.1) is 13.2 Å². The van der Waals surface area contributed by atoms with E-state index in [1.54, 1.807) is 0 Å². The number of ether oxygens (including phenoxy) is 1. The third-order valence-electron chi connectivity index (χ3n) is 4.13. The molecule has 2 heterocycles. The molecule has 1 aromatic rings. The van der Waals surface area contributed by atoms with Gasteiger partial charge >= 0.3 is 0 Å². The summed E-state index contributed by atoms with van der Waals surface area (Å²) in [5.41, 5.74) is 1.13. The third-order valence-corrected chi connectivity index (χ3v) is 5.27. The van der Waals surface area contributed by atoms with Gasteiger partial charge in [-0.2, -0.15) is 0 Å². The molecule has 6 heteroatoms. The number of benzene rings is 1. The first-order valence-electron chi connectivity index (χ1n) is 8.28. The summed E-state index contributed by atoms with van der Waals surface area (Å²) in [6, 6.07) is 6.80. The SMILES string of the molecule is Fc1ccc(CN(CCN2CCOCC2)C2=NCCCS2)cc1. The molecule has 0 spiro atoms.